The van der Waals surface area contributed by atoms with Gasteiger partial charge in [-0.15, -0.1) is 0 Å². The zero-order valence-electron chi connectivity index (χ0n) is 11.6. The molecular formula is C13H16N2O6. The minimum Gasteiger partial charge on any atom is -0.466 e. The monoisotopic (exact) mass is 296 g/mol. The molecular weight excluding hydrogens is 280 g/mol. The van der Waals surface area contributed by atoms with Gasteiger partial charge in [0.05, 0.1) is 18.6 Å². The van der Waals surface area contributed by atoms with Crippen LogP contribution in [0.5, 0.6) is 0 Å². The van der Waals surface area contributed by atoms with Crippen LogP contribution in [0.1, 0.15) is 30.3 Å². The summed E-state index contributed by atoms with van der Waals surface area (Å²) in [6.45, 7) is 2.76. The van der Waals surface area contributed by atoms with Crippen molar-refractivity contribution in [3.05, 3.63) is 28.0 Å². The third-order valence-corrected chi connectivity index (χ3v) is 3.31. The first-order chi connectivity index (χ1) is 10.0. The van der Waals surface area contributed by atoms with Gasteiger partial charge >= 0.3 is 11.9 Å². The van der Waals surface area contributed by atoms with Crippen molar-refractivity contribution in [1.82, 2.24) is 4.90 Å². The van der Waals surface area contributed by atoms with Crippen molar-refractivity contribution in [2.75, 3.05) is 19.7 Å². The Labute approximate surface area is 120 Å². The van der Waals surface area contributed by atoms with E-state index in [4.69, 9.17) is 9.15 Å². The van der Waals surface area contributed by atoms with Crippen molar-refractivity contribution in [2.45, 2.75) is 19.8 Å². The molecule has 0 spiro atoms. The van der Waals surface area contributed by atoms with Gasteiger partial charge in [-0.05, 0) is 25.8 Å². The van der Waals surface area contributed by atoms with Crippen LogP contribution in [0, 0.1) is 16.0 Å². The molecule has 1 saturated heterocycles. The smallest absolute Gasteiger partial charge is 0.433 e. The second kappa shape index (κ2) is 6.38. The quantitative estimate of drug-likeness (QED) is 0.475. The van der Waals surface area contributed by atoms with Crippen LogP contribution in [0.15, 0.2) is 16.5 Å². The van der Waals surface area contributed by atoms with Gasteiger partial charge in [0.2, 0.25) is 0 Å². The van der Waals surface area contributed by atoms with Gasteiger partial charge in [0.25, 0.3) is 5.91 Å². The van der Waals surface area contributed by atoms with E-state index < -0.39 is 16.7 Å². The summed E-state index contributed by atoms with van der Waals surface area (Å²) in [7, 11) is 0. The first kappa shape index (κ1) is 15.0. The Hall–Kier alpha value is -2.38. The molecule has 1 aliphatic rings. The van der Waals surface area contributed by atoms with Gasteiger partial charge in [-0.25, -0.2) is 0 Å². The van der Waals surface area contributed by atoms with E-state index in [9.17, 15) is 19.7 Å². The highest BCUT2D eigenvalue weighted by molar-refractivity contribution is 5.92. The molecule has 2 rings (SSSR count). The van der Waals surface area contributed by atoms with E-state index in [1.54, 1.807) is 6.92 Å². The van der Waals surface area contributed by atoms with Crippen LogP contribution in [-0.4, -0.2) is 41.4 Å². The number of hydrogen-bond donors (Lipinski definition) is 0. The lowest BCUT2D eigenvalue weighted by Crippen LogP contribution is -2.42. The summed E-state index contributed by atoms with van der Waals surface area (Å²) in [5.41, 5.74) is 0. The summed E-state index contributed by atoms with van der Waals surface area (Å²) in [6.07, 6.45) is 1.35. The number of carbonyl (C=O) groups excluding carboxylic acids is 2. The highest BCUT2D eigenvalue weighted by Gasteiger charge is 2.31. The van der Waals surface area contributed by atoms with Gasteiger partial charge in [-0.2, -0.15) is 0 Å². The largest absolute Gasteiger partial charge is 0.466 e. The number of nitrogens with zero attached hydrogens (tertiary/aromatic N) is 2. The fourth-order valence-corrected chi connectivity index (χ4v) is 2.31. The molecule has 0 N–H and O–H groups in total. The normalized spacial score (nSPS) is 18.3. The van der Waals surface area contributed by atoms with Gasteiger partial charge in [-0.1, -0.05) is 0 Å². The second-order valence-electron chi connectivity index (χ2n) is 4.74. The summed E-state index contributed by atoms with van der Waals surface area (Å²) in [4.78, 5) is 35.3. The van der Waals surface area contributed by atoms with Gasteiger partial charge in [-0.3, -0.25) is 19.7 Å². The third-order valence-electron chi connectivity index (χ3n) is 3.31. The summed E-state index contributed by atoms with van der Waals surface area (Å²) in [5, 5.41) is 10.6. The minimum atomic E-state index is -0.700. The van der Waals surface area contributed by atoms with Crippen LogP contribution in [0.4, 0.5) is 5.88 Å². The van der Waals surface area contributed by atoms with E-state index >= 15 is 0 Å². The average Bonchev–Trinajstić information content (AvgIpc) is 2.97. The van der Waals surface area contributed by atoms with E-state index in [-0.39, 0.29) is 24.2 Å². The topological polar surface area (TPSA) is 103 Å². The fraction of sp³-hybridized carbons (Fsp3) is 0.538. The zero-order valence-corrected chi connectivity index (χ0v) is 11.6. The van der Waals surface area contributed by atoms with Crippen LogP contribution in [0.25, 0.3) is 0 Å². The Balaban J connectivity index is 2.04. The Kier molecular flexibility index (Phi) is 4.56. The lowest BCUT2D eigenvalue weighted by atomic mass is 9.98. The van der Waals surface area contributed by atoms with E-state index in [0.29, 0.717) is 26.0 Å². The van der Waals surface area contributed by atoms with Gasteiger partial charge in [0.15, 0.2) is 5.76 Å². The van der Waals surface area contributed by atoms with Crippen molar-refractivity contribution in [3.63, 3.8) is 0 Å². The first-order valence-electron chi connectivity index (χ1n) is 6.73. The standard InChI is InChI=1S/C13H16N2O6/c1-2-20-13(17)9-4-3-7-14(8-9)12(16)10-5-6-11(21-10)15(18)19/h5-6,9H,2-4,7-8H2,1H3/t9-/m1/s1. The minimum absolute atomic E-state index is 0.0915. The number of hydrogen-bond acceptors (Lipinski definition) is 6. The van der Waals surface area contributed by atoms with Crippen LogP contribution < -0.4 is 0 Å². The van der Waals surface area contributed by atoms with Gasteiger partial charge < -0.3 is 14.1 Å². The number of nitro groups is 1. The first-order valence-corrected chi connectivity index (χ1v) is 6.73. The fourth-order valence-electron chi connectivity index (χ4n) is 2.31. The number of ether oxygens (including phenoxy) is 1. The molecule has 114 valence electrons. The van der Waals surface area contributed by atoms with Crippen LogP contribution in [-0.2, 0) is 9.53 Å². The Morgan fingerprint density at radius 3 is 2.90 bits per heavy atom. The van der Waals surface area contributed by atoms with Crippen molar-refractivity contribution in [2.24, 2.45) is 5.92 Å². The van der Waals surface area contributed by atoms with E-state index in [0.717, 1.165) is 6.07 Å². The van der Waals surface area contributed by atoms with Gasteiger partial charge in [0.1, 0.15) is 4.92 Å². The Morgan fingerprint density at radius 2 is 2.29 bits per heavy atom. The van der Waals surface area contributed by atoms with Crippen molar-refractivity contribution in [3.8, 4) is 0 Å². The lowest BCUT2D eigenvalue weighted by molar-refractivity contribution is -0.402. The molecule has 1 aliphatic heterocycles. The highest BCUT2D eigenvalue weighted by Crippen LogP contribution is 2.22. The third kappa shape index (κ3) is 3.39. The molecule has 2 heterocycles. The molecule has 8 heteroatoms. The molecule has 1 amide bonds. The number of piperidine rings is 1. The maximum atomic E-state index is 12.2. The maximum Gasteiger partial charge on any atom is 0.433 e. The van der Waals surface area contributed by atoms with Crippen LogP contribution in [0.2, 0.25) is 0 Å². The predicted molar refractivity (Wildman–Crippen MR) is 70.6 cm³/mol. The molecule has 21 heavy (non-hydrogen) atoms. The number of rotatable bonds is 4. The molecule has 8 nitrogen and oxygen atoms in total. The highest BCUT2D eigenvalue weighted by atomic mass is 16.6. The molecule has 0 aromatic carbocycles. The summed E-state index contributed by atoms with van der Waals surface area (Å²) in [6, 6.07) is 2.41. The number of amides is 1. The second-order valence-corrected chi connectivity index (χ2v) is 4.74. The molecule has 0 unspecified atom stereocenters. The average molecular weight is 296 g/mol. The Bertz CT molecular complexity index is 553. The molecule has 0 saturated carbocycles. The van der Waals surface area contributed by atoms with Crippen molar-refractivity contribution < 1.29 is 23.7 Å². The molecule has 0 aliphatic carbocycles. The number of carbonyl (C=O) groups is 2. The maximum absolute atomic E-state index is 12.2. The Morgan fingerprint density at radius 1 is 1.52 bits per heavy atom. The zero-order chi connectivity index (χ0) is 15.4. The SMILES string of the molecule is CCOC(=O)[C@@H]1CCCN(C(=O)c2ccc([N+](=O)[O-])o2)C1. The molecule has 0 bridgehead atoms. The summed E-state index contributed by atoms with van der Waals surface area (Å²) < 4.78 is 9.86. The van der Waals surface area contributed by atoms with E-state index in [1.165, 1.54) is 11.0 Å². The van der Waals surface area contributed by atoms with Crippen LogP contribution >= 0.6 is 0 Å². The summed E-state index contributed by atoms with van der Waals surface area (Å²) in [5.74, 6) is -1.69. The van der Waals surface area contributed by atoms with E-state index in [1.807, 2.05) is 0 Å². The molecule has 1 aromatic rings. The molecule has 1 fully saturated rings. The number of likely N-dealkylation sites (tertiary alicyclic amines) is 1. The number of furan rings is 1. The van der Waals surface area contributed by atoms with Crippen LogP contribution in [0.3, 0.4) is 0 Å². The summed E-state index contributed by atoms with van der Waals surface area (Å²) >= 11 is 0. The predicted octanol–water partition coefficient (Wildman–Crippen LogP) is 1.60. The lowest BCUT2D eigenvalue weighted by Gasteiger charge is -2.30. The number of esters is 1. The molecule has 1 aromatic heterocycles. The molecule has 1 atom stereocenters. The van der Waals surface area contributed by atoms with Gasteiger partial charge in [0, 0.05) is 13.1 Å². The van der Waals surface area contributed by atoms with E-state index in [2.05, 4.69) is 0 Å². The van der Waals surface area contributed by atoms with Crippen molar-refractivity contribution >= 4 is 17.8 Å². The van der Waals surface area contributed by atoms with Crippen molar-refractivity contribution in [1.29, 1.82) is 0 Å². The molecule has 0 radical (unpaired) electrons.